The van der Waals surface area contributed by atoms with Gasteiger partial charge in [-0.2, -0.15) is 0 Å². The molecule has 4 heteroatoms. The van der Waals surface area contributed by atoms with Crippen LogP contribution in [-0.4, -0.2) is 43.2 Å². The molecule has 1 atom stereocenters. The summed E-state index contributed by atoms with van der Waals surface area (Å²) in [5, 5.41) is 0. The van der Waals surface area contributed by atoms with E-state index < -0.39 is 0 Å². The molecule has 0 aromatic heterocycles. The number of nitrogens with zero attached hydrogens (tertiary/aromatic N) is 1. The van der Waals surface area contributed by atoms with Crippen LogP contribution in [0.3, 0.4) is 0 Å². The number of carbonyl (C=O) groups is 1. The van der Waals surface area contributed by atoms with Crippen molar-refractivity contribution in [1.82, 2.24) is 4.90 Å². The SMILES string of the molecule is CCOC(=O)CCCCCCCN1CCCC(N)C1. The zero-order chi connectivity index (χ0) is 13.9. The van der Waals surface area contributed by atoms with Gasteiger partial charge in [0.25, 0.3) is 0 Å². The maximum atomic E-state index is 11.1. The van der Waals surface area contributed by atoms with Crippen LogP contribution >= 0.6 is 0 Å². The van der Waals surface area contributed by atoms with Crippen LogP contribution in [0.5, 0.6) is 0 Å². The Labute approximate surface area is 117 Å². The lowest BCUT2D eigenvalue weighted by Crippen LogP contribution is -2.43. The largest absolute Gasteiger partial charge is 0.466 e. The summed E-state index contributed by atoms with van der Waals surface area (Å²) in [5.41, 5.74) is 5.96. The maximum absolute atomic E-state index is 11.1. The Bertz CT molecular complexity index is 246. The molecule has 0 bridgehead atoms. The van der Waals surface area contributed by atoms with Crippen LogP contribution in [0.15, 0.2) is 0 Å². The van der Waals surface area contributed by atoms with E-state index in [1.165, 1.54) is 45.2 Å². The topological polar surface area (TPSA) is 55.6 Å². The molecular formula is C15H30N2O2. The van der Waals surface area contributed by atoms with Crippen molar-refractivity contribution in [2.24, 2.45) is 5.73 Å². The Morgan fingerprint density at radius 2 is 2.00 bits per heavy atom. The Balaban J connectivity index is 1.87. The van der Waals surface area contributed by atoms with Gasteiger partial charge in [0.2, 0.25) is 0 Å². The van der Waals surface area contributed by atoms with Crippen LogP contribution in [0.25, 0.3) is 0 Å². The number of piperidine rings is 1. The first-order valence-corrected chi connectivity index (χ1v) is 7.86. The van der Waals surface area contributed by atoms with Crippen molar-refractivity contribution in [2.75, 3.05) is 26.2 Å². The second-order valence-electron chi connectivity index (χ2n) is 5.53. The van der Waals surface area contributed by atoms with Gasteiger partial charge in [-0.1, -0.05) is 19.3 Å². The van der Waals surface area contributed by atoms with Crippen molar-refractivity contribution in [3.05, 3.63) is 0 Å². The van der Waals surface area contributed by atoms with E-state index in [0.717, 1.165) is 19.4 Å². The molecule has 0 aromatic carbocycles. The molecule has 0 amide bonds. The third-order valence-corrected chi connectivity index (χ3v) is 3.70. The number of likely N-dealkylation sites (tertiary alicyclic amines) is 1. The van der Waals surface area contributed by atoms with Gasteiger partial charge in [-0.15, -0.1) is 0 Å². The molecule has 0 aliphatic carbocycles. The molecule has 0 spiro atoms. The summed E-state index contributed by atoms with van der Waals surface area (Å²) in [4.78, 5) is 13.6. The summed E-state index contributed by atoms with van der Waals surface area (Å²) in [6, 6.07) is 0.387. The smallest absolute Gasteiger partial charge is 0.305 e. The van der Waals surface area contributed by atoms with E-state index in [9.17, 15) is 4.79 Å². The fourth-order valence-corrected chi connectivity index (χ4v) is 2.66. The lowest BCUT2D eigenvalue weighted by Gasteiger charge is -2.30. The Hall–Kier alpha value is -0.610. The number of nitrogens with two attached hydrogens (primary N) is 1. The molecule has 19 heavy (non-hydrogen) atoms. The lowest BCUT2D eigenvalue weighted by molar-refractivity contribution is -0.143. The van der Waals surface area contributed by atoms with Gasteiger partial charge >= 0.3 is 5.97 Å². The molecule has 1 unspecified atom stereocenters. The molecule has 0 saturated carbocycles. The summed E-state index contributed by atoms with van der Waals surface area (Å²) >= 11 is 0. The lowest BCUT2D eigenvalue weighted by atomic mass is 10.1. The van der Waals surface area contributed by atoms with Gasteiger partial charge in [0.05, 0.1) is 6.61 Å². The van der Waals surface area contributed by atoms with Gasteiger partial charge in [0.1, 0.15) is 0 Å². The zero-order valence-corrected chi connectivity index (χ0v) is 12.4. The highest BCUT2D eigenvalue weighted by Crippen LogP contribution is 2.11. The zero-order valence-electron chi connectivity index (χ0n) is 12.4. The molecular weight excluding hydrogens is 240 g/mol. The van der Waals surface area contributed by atoms with Gasteiger partial charge in [-0.05, 0) is 45.7 Å². The highest BCUT2D eigenvalue weighted by atomic mass is 16.5. The molecule has 1 fully saturated rings. The van der Waals surface area contributed by atoms with Crippen LogP contribution in [0.2, 0.25) is 0 Å². The molecule has 1 aliphatic rings. The third-order valence-electron chi connectivity index (χ3n) is 3.70. The first-order valence-electron chi connectivity index (χ1n) is 7.86. The monoisotopic (exact) mass is 270 g/mol. The van der Waals surface area contributed by atoms with Gasteiger partial charge in [-0.25, -0.2) is 0 Å². The van der Waals surface area contributed by atoms with Crippen molar-refractivity contribution in [2.45, 2.75) is 64.3 Å². The number of ether oxygens (including phenoxy) is 1. The molecule has 1 aliphatic heterocycles. The molecule has 1 heterocycles. The predicted molar refractivity (Wildman–Crippen MR) is 78.0 cm³/mol. The highest BCUT2D eigenvalue weighted by molar-refractivity contribution is 5.69. The van der Waals surface area contributed by atoms with E-state index in [2.05, 4.69) is 4.90 Å². The number of rotatable bonds is 9. The predicted octanol–water partition coefficient (Wildman–Crippen LogP) is 2.31. The fourth-order valence-electron chi connectivity index (χ4n) is 2.66. The van der Waals surface area contributed by atoms with Gasteiger partial charge in [0, 0.05) is 19.0 Å². The molecule has 4 nitrogen and oxygen atoms in total. The first kappa shape index (κ1) is 16.4. The van der Waals surface area contributed by atoms with Crippen molar-refractivity contribution < 1.29 is 9.53 Å². The molecule has 0 aromatic rings. The molecule has 112 valence electrons. The van der Waals surface area contributed by atoms with Crippen molar-refractivity contribution >= 4 is 5.97 Å². The first-order chi connectivity index (χ1) is 9.22. The highest BCUT2D eigenvalue weighted by Gasteiger charge is 2.15. The Kier molecular flexibility index (Phi) is 8.84. The Morgan fingerprint density at radius 3 is 2.74 bits per heavy atom. The van der Waals surface area contributed by atoms with Crippen molar-refractivity contribution in [1.29, 1.82) is 0 Å². The van der Waals surface area contributed by atoms with E-state index in [4.69, 9.17) is 10.5 Å². The van der Waals surface area contributed by atoms with E-state index in [1.54, 1.807) is 0 Å². The van der Waals surface area contributed by atoms with Crippen molar-refractivity contribution in [3.8, 4) is 0 Å². The average molecular weight is 270 g/mol. The second kappa shape index (κ2) is 10.2. The third kappa shape index (κ3) is 8.22. The second-order valence-corrected chi connectivity index (χ2v) is 5.53. The minimum Gasteiger partial charge on any atom is -0.466 e. The molecule has 1 rings (SSSR count). The number of carbonyl (C=O) groups excluding carboxylic acids is 1. The van der Waals surface area contributed by atoms with Gasteiger partial charge in [0.15, 0.2) is 0 Å². The van der Waals surface area contributed by atoms with Crippen LogP contribution in [0.4, 0.5) is 0 Å². The average Bonchev–Trinajstić information content (AvgIpc) is 2.38. The summed E-state index contributed by atoms with van der Waals surface area (Å²) < 4.78 is 4.90. The Morgan fingerprint density at radius 1 is 1.26 bits per heavy atom. The van der Waals surface area contributed by atoms with E-state index in [0.29, 0.717) is 19.1 Å². The summed E-state index contributed by atoms with van der Waals surface area (Å²) in [7, 11) is 0. The summed E-state index contributed by atoms with van der Waals surface area (Å²) in [6.45, 7) is 5.83. The number of esters is 1. The minimum absolute atomic E-state index is 0.0511. The molecule has 2 N–H and O–H groups in total. The number of unbranched alkanes of at least 4 members (excludes halogenated alkanes) is 4. The van der Waals surface area contributed by atoms with Gasteiger partial charge < -0.3 is 15.4 Å². The van der Waals surface area contributed by atoms with Crippen LogP contribution in [0.1, 0.15) is 58.3 Å². The van der Waals surface area contributed by atoms with Crippen molar-refractivity contribution in [3.63, 3.8) is 0 Å². The quantitative estimate of drug-likeness (QED) is 0.516. The maximum Gasteiger partial charge on any atom is 0.305 e. The standard InChI is InChI=1S/C15H30N2O2/c1-2-19-15(18)10-6-4-3-5-7-11-17-12-8-9-14(16)13-17/h14H,2-13,16H2,1H3. The molecule has 1 saturated heterocycles. The number of hydrogen-bond donors (Lipinski definition) is 1. The van der Waals surface area contributed by atoms with E-state index >= 15 is 0 Å². The van der Waals surface area contributed by atoms with Gasteiger partial charge in [-0.3, -0.25) is 4.79 Å². The van der Waals surface area contributed by atoms with Crippen LogP contribution in [0, 0.1) is 0 Å². The van der Waals surface area contributed by atoms with E-state index in [1.807, 2.05) is 6.92 Å². The van der Waals surface area contributed by atoms with E-state index in [-0.39, 0.29) is 5.97 Å². The fraction of sp³-hybridized carbons (Fsp3) is 0.933. The van der Waals surface area contributed by atoms with Crippen LogP contribution < -0.4 is 5.73 Å². The van der Waals surface area contributed by atoms with Crippen LogP contribution in [-0.2, 0) is 9.53 Å². The summed E-state index contributed by atoms with van der Waals surface area (Å²) in [6.07, 6.45) is 8.85. The number of hydrogen-bond acceptors (Lipinski definition) is 4. The summed E-state index contributed by atoms with van der Waals surface area (Å²) in [5.74, 6) is -0.0511. The normalized spacial score (nSPS) is 20.4. The molecule has 0 radical (unpaired) electrons. The minimum atomic E-state index is -0.0511.